The summed E-state index contributed by atoms with van der Waals surface area (Å²) in [7, 11) is 0. The van der Waals surface area contributed by atoms with Gasteiger partial charge in [-0.3, -0.25) is 0 Å². The predicted molar refractivity (Wildman–Crippen MR) is 72.3 cm³/mol. The summed E-state index contributed by atoms with van der Waals surface area (Å²) in [5.41, 5.74) is 0.933. The highest BCUT2D eigenvalue weighted by Crippen LogP contribution is 2.29. The number of hydrogen-bond acceptors (Lipinski definition) is 4. The minimum Gasteiger partial charge on any atom is -0.475 e. The molecule has 0 spiro atoms. The summed E-state index contributed by atoms with van der Waals surface area (Å²) < 4.78 is 11.0. The first-order chi connectivity index (χ1) is 9.33. The highest BCUT2D eigenvalue weighted by atomic mass is 16.6. The van der Waals surface area contributed by atoms with Crippen LogP contribution in [0.1, 0.15) is 25.7 Å². The van der Waals surface area contributed by atoms with E-state index in [1.54, 1.807) is 0 Å². The van der Waals surface area contributed by atoms with Gasteiger partial charge < -0.3 is 14.8 Å². The van der Waals surface area contributed by atoms with Crippen LogP contribution in [0.5, 0.6) is 5.75 Å². The molecule has 0 saturated heterocycles. The number of rotatable bonds is 3. The second kappa shape index (κ2) is 5.51. The number of benzene rings is 1. The molecule has 1 aliphatic carbocycles. The van der Waals surface area contributed by atoms with Crippen LogP contribution in [0.2, 0.25) is 0 Å². The van der Waals surface area contributed by atoms with Crippen LogP contribution in [0.25, 0.3) is 0 Å². The third-order valence-corrected chi connectivity index (χ3v) is 3.83. The molecule has 3 rings (SSSR count). The van der Waals surface area contributed by atoms with E-state index >= 15 is 0 Å². The fraction of sp³-hybridized carbons (Fsp3) is 0.533. The van der Waals surface area contributed by atoms with E-state index in [0.29, 0.717) is 19.1 Å². The Kier molecular flexibility index (Phi) is 3.58. The average Bonchev–Trinajstić information content (AvgIpc) is 2.97. The fourth-order valence-corrected chi connectivity index (χ4v) is 2.71. The Morgan fingerprint density at radius 2 is 2.11 bits per heavy atom. The molecule has 0 amide bonds. The van der Waals surface area contributed by atoms with Gasteiger partial charge >= 0.3 is 5.97 Å². The monoisotopic (exact) mass is 261 g/mol. The van der Waals surface area contributed by atoms with Gasteiger partial charge in [0.2, 0.25) is 6.10 Å². The van der Waals surface area contributed by atoms with Crippen molar-refractivity contribution >= 4 is 11.7 Å². The lowest BCUT2D eigenvalue weighted by Crippen LogP contribution is -2.39. The first kappa shape index (κ1) is 12.3. The van der Waals surface area contributed by atoms with Crippen LogP contribution in [0, 0.1) is 5.92 Å². The zero-order chi connectivity index (χ0) is 13.1. The largest absolute Gasteiger partial charge is 0.475 e. The molecule has 1 saturated carbocycles. The van der Waals surface area contributed by atoms with E-state index in [2.05, 4.69) is 5.32 Å². The van der Waals surface area contributed by atoms with Gasteiger partial charge in [0.25, 0.3) is 0 Å². The van der Waals surface area contributed by atoms with E-state index in [-0.39, 0.29) is 5.97 Å². The average molecular weight is 261 g/mol. The molecule has 4 heteroatoms. The third kappa shape index (κ3) is 2.83. The van der Waals surface area contributed by atoms with Crippen molar-refractivity contribution in [2.45, 2.75) is 31.8 Å². The Morgan fingerprint density at radius 1 is 1.32 bits per heavy atom. The van der Waals surface area contributed by atoms with Gasteiger partial charge in [0.05, 0.1) is 18.8 Å². The lowest BCUT2D eigenvalue weighted by molar-refractivity contribution is -0.152. The second-order valence-corrected chi connectivity index (χ2v) is 5.26. The standard InChI is InChI=1S/C15H19NO3/c17-15(18-10-11-5-1-2-6-11)14-9-16-12-7-3-4-8-13(12)19-14/h3-4,7-8,11,14,16H,1-2,5-6,9-10H2. The highest BCUT2D eigenvalue weighted by molar-refractivity contribution is 5.77. The van der Waals surface area contributed by atoms with Gasteiger partial charge in [-0.1, -0.05) is 25.0 Å². The minimum absolute atomic E-state index is 0.256. The van der Waals surface area contributed by atoms with E-state index in [4.69, 9.17) is 9.47 Å². The van der Waals surface area contributed by atoms with E-state index in [9.17, 15) is 4.79 Å². The molecule has 19 heavy (non-hydrogen) atoms. The quantitative estimate of drug-likeness (QED) is 0.850. The Hall–Kier alpha value is -1.71. The SMILES string of the molecule is O=C(OCC1CCCC1)C1CNc2ccccc2O1. The molecular formula is C15H19NO3. The summed E-state index contributed by atoms with van der Waals surface area (Å²) >= 11 is 0. The van der Waals surface area contributed by atoms with Gasteiger partial charge in [-0.25, -0.2) is 4.79 Å². The molecule has 1 aromatic rings. The number of para-hydroxylation sites is 2. The van der Waals surface area contributed by atoms with Gasteiger partial charge in [-0.2, -0.15) is 0 Å². The fourth-order valence-electron chi connectivity index (χ4n) is 2.71. The summed E-state index contributed by atoms with van der Waals surface area (Å²) in [6, 6.07) is 7.63. The molecule has 1 fully saturated rings. The van der Waals surface area contributed by atoms with Crippen LogP contribution in [-0.4, -0.2) is 25.2 Å². The van der Waals surface area contributed by atoms with Crippen molar-refractivity contribution in [1.29, 1.82) is 0 Å². The molecule has 1 heterocycles. The van der Waals surface area contributed by atoms with Crippen molar-refractivity contribution in [2.24, 2.45) is 5.92 Å². The first-order valence-corrected chi connectivity index (χ1v) is 6.99. The molecule has 0 aromatic heterocycles. The molecule has 1 aliphatic heterocycles. The van der Waals surface area contributed by atoms with Gasteiger partial charge in [-0.15, -0.1) is 0 Å². The summed E-state index contributed by atoms with van der Waals surface area (Å²) in [6.45, 7) is 1.01. The van der Waals surface area contributed by atoms with Crippen LogP contribution in [0.3, 0.4) is 0 Å². The smallest absolute Gasteiger partial charge is 0.349 e. The number of carbonyl (C=O) groups excluding carboxylic acids is 1. The molecule has 4 nitrogen and oxygen atoms in total. The number of esters is 1. The normalized spacial score (nSPS) is 22.2. The van der Waals surface area contributed by atoms with Crippen LogP contribution in [0.4, 0.5) is 5.69 Å². The molecule has 1 atom stereocenters. The van der Waals surface area contributed by atoms with Crippen LogP contribution in [-0.2, 0) is 9.53 Å². The van der Waals surface area contributed by atoms with Gasteiger partial charge in [0, 0.05) is 0 Å². The Bertz CT molecular complexity index is 454. The van der Waals surface area contributed by atoms with E-state index in [1.165, 1.54) is 25.7 Å². The van der Waals surface area contributed by atoms with Gasteiger partial charge in [0.15, 0.2) is 0 Å². The molecule has 1 unspecified atom stereocenters. The molecule has 0 radical (unpaired) electrons. The lowest BCUT2D eigenvalue weighted by atomic mass is 10.1. The zero-order valence-corrected chi connectivity index (χ0v) is 10.9. The molecule has 0 bridgehead atoms. The third-order valence-electron chi connectivity index (χ3n) is 3.83. The van der Waals surface area contributed by atoms with Crippen LogP contribution in [0.15, 0.2) is 24.3 Å². The molecule has 1 N–H and O–H groups in total. The summed E-state index contributed by atoms with van der Waals surface area (Å²) in [4.78, 5) is 12.0. The van der Waals surface area contributed by atoms with E-state index in [1.807, 2.05) is 24.3 Å². The molecular weight excluding hydrogens is 242 g/mol. The maximum atomic E-state index is 12.0. The first-order valence-electron chi connectivity index (χ1n) is 6.99. The minimum atomic E-state index is -0.531. The van der Waals surface area contributed by atoms with Crippen LogP contribution >= 0.6 is 0 Å². The zero-order valence-electron chi connectivity index (χ0n) is 10.9. The summed E-state index contributed by atoms with van der Waals surface area (Å²) in [5.74, 6) is 1.01. The van der Waals surface area contributed by atoms with Crippen molar-refractivity contribution in [3.63, 3.8) is 0 Å². The Balaban J connectivity index is 1.54. The van der Waals surface area contributed by atoms with Crippen molar-refractivity contribution in [3.05, 3.63) is 24.3 Å². The number of fused-ring (bicyclic) bond motifs is 1. The van der Waals surface area contributed by atoms with Crippen LogP contribution < -0.4 is 10.1 Å². The number of nitrogens with one attached hydrogen (secondary N) is 1. The lowest BCUT2D eigenvalue weighted by Gasteiger charge is -2.26. The predicted octanol–water partition coefficient (Wildman–Crippen LogP) is 2.59. The number of hydrogen-bond donors (Lipinski definition) is 1. The maximum absolute atomic E-state index is 12.0. The number of anilines is 1. The highest BCUT2D eigenvalue weighted by Gasteiger charge is 2.28. The van der Waals surface area contributed by atoms with Gasteiger partial charge in [-0.05, 0) is 30.9 Å². The Morgan fingerprint density at radius 3 is 2.95 bits per heavy atom. The molecule has 1 aromatic carbocycles. The van der Waals surface area contributed by atoms with Crippen molar-refractivity contribution < 1.29 is 14.3 Å². The Labute approximate surface area is 113 Å². The molecule has 2 aliphatic rings. The summed E-state index contributed by atoms with van der Waals surface area (Å²) in [6.07, 6.45) is 4.35. The topological polar surface area (TPSA) is 47.6 Å². The molecule has 102 valence electrons. The maximum Gasteiger partial charge on any atom is 0.349 e. The van der Waals surface area contributed by atoms with E-state index in [0.717, 1.165) is 11.4 Å². The summed E-state index contributed by atoms with van der Waals surface area (Å²) in [5, 5.41) is 3.20. The number of carbonyl (C=O) groups is 1. The van der Waals surface area contributed by atoms with Crippen molar-refractivity contribution in [1.82, 2.24) is 0 Å². The second-order valence-electron chi connectivity index (χ2n) is 5.26. The number of ether oxygens (including phenoxy) is 2. The van der Waals surface area contributed by atoms with Crippen molar-refractivity contribution in [3.8, 4) is 5.75 Å². The van der Waals surface area contributed by atoms with Gasteiger partial charge in [0.1, 0.15) is 5.75 Å². The van der Waals surface area contributed by atoms with Crippen molar-refractivity contribution in [2.75, 3.05) is 18.5 Å². The van der Waals surface area contributed by atoms with E-state index < -0.39 is 6.10 Å².